The Hall–Kier alpha value is -1.47. The van der Waals surface area contributed by atoms with Crippen LogP contribution in [0.15, 0.2) is 4.52 Å². The fourth-order valence-electron chi connectivity index (χ4n) is 3.39. The molecule has 0 spiro atoms. The summed E-state index contributed by atoms with van der Waals surface area (Å²) in [5.41, 5.74) is 0. The number of piperidine rings is 1. The molecule has 128 valence electrons. The third-order valence-corrected chi connectivity index (χ3v) is 4.93. The largest absolute Gasteiger partial charge is 0.343 e. The smallest absolute Gasteiger partial charge is 0.229 e. The lowest BCUT2D eigenvalue weighted by Crippen LogP contribution is -2.44. The summed E-state index contributed by atoms with van der Waals surface area (Å²) in [6.45, 7) is 6.49. The maximum Gasteiger partial charge on any atom is 0.229 e. The molecular formula is C16H27N5O2. The predicted molar refractivity (Wildman–Crippen MR) is 86.0 cm³/mol. The second-order valence-corrected chi connectivity index (χ2v) is 6.60. The molecule has 1 aromatic rings. The SMILES string of the molecule is CCCC(=O)N1CCC(c2nc(C3CNCCN3C)no2)CC1. The Morgan fingerprint density at radius 1 is 1.35 bits per heavy atom. The molecule has 2 saturated heterocycles. The van der Waals surface area contributed by atoms with Crippen LogP contribution >= 0.6 is 0 Å². The molecule has 2 aliphatic heterocycles. The van der Waals surface area contributed by atoms with E-state index in [9.17, 15) is 4.79 Å². The van der Waals surface area contributed by atoms with Crippen LogP contribution < -0.4 is 5.32 Å². The number of hydrogen-bond acceptors (Lipinski definition) is 6. The van der Waals surface area contributed by atoms with Gasteiger partial charge < -0.3 is 14.7 Å². The van der Waals surface area contributed by atoms with Crippen LogP contribution in [0.25, 0.3) is 0 Å². The molecule has 1 N–H and O–H groups in total. The third-order valence-electron chi connectivity index (χ3n) is 4.93. The van der Waals surface area contributed by atoms with Gasteiger partial charge in [-0.15, -0.1) is 0 Å². The van der Waals surface area contributed by atoms with Gasteiger partial charge >= 0.3 is 0 Å². The second-order valence-electron chi connectivity index (χ2n) is 6.60. The molecule has 0 aromatic carbocycles. The Kier molecular flexibility index (Phi) is 5.27. The zero-order chi connectivity index (χ0) is 16.2. The van der Waals surface area contributed by atoms with Crippen molar-refractivity contribution in [2.24, 2.45) is 0 Å². The molecule has 0 saturated carbocycles. The van der Waals surface area contributed by atoms with Gasteiger partial charge in [-0.1, -0.05) is 12.1 Å². The molecule has 0 aliphatic carbocycles. The number of hydrogen-bond donors (Lipinski definition) is 1. The normalized spacial score (nSPS) is 24.1. The number of piperazine rings is 1. The number of nitrogens with one attached hydrogen (secondary N) is 1. The highest BCUT2D eigenvalue weighted by Crippen LogP contribution is 2.28. The number of carbonyl (C=O) groups excluding carboxylic acids is 1. The lowest BCUT2D eigenvalue weighted by atomic mass is 9.96. The van der Waals surface area contributed by atoms with Gasteiger partial charge in [0.1, 0.15) is 0 Å². The van der Waals surface area contributed by atoms with E-state index in [0.29, 0.717) is 6.42 Å². The number of aromatic nitrogens is 2. The highest BCUT2D eigenvalue weighted by molar-refractivity contribution is 5.76. The van der Waals surface area contributed by atoms with Gasteiger partial charge in [0.05, 0.1) is 6.04 Å². The van der Waals surface area contributed by atoms with Crippen LogP contribution in [-0.4, -0.2) is 65.6 Å². The molecule has 1 unspecified atom stereocenters. The summed E-state index contributed by atoms with van der Waals surface area (Å²) in [6.07, 6.45) is 3.39. The number of carbonyl (C=O) groups is 1. The number of rotatable bonds is 4. The van der Waals surface area contributed by atoms with E-state index in [0.717, 1.165) is 63.7 Å². The first-order valence-corrected chi connectivity index (χ1v) is 8.71. The summed E-state index contributed by atoms with van der Waals surface area (Å²) in [6, 6.07) is 0.187. The van der Waals surface area contributed by atoms with Crippen LogP contribution in [0.5, 0.6) is 0 Å². The maximum atomic E-state index is 12.0. The summed E-state index contributed by atoms with van der Waals surface area (Å²) in [5, 5.41) is 7.58. The molecule has 3 heterocycles. The van der Waals surface area contributed by atoms with Crippen LogP contribution in [0, 0.1) is 0 Å². The summed E-state index contributed by atoms with van der Waals surface area (Å²) < 4.78 is 5.53. The number of likely N-dealkylation sites (tertiary alicyclic amines) is 1. The molecule has 1 atom stereocenters. The average Bonchev–Trinajstić information content (AvgIpc) is 3.05. The quantitative estimate of drug-likeness (QED) is 0.897. The lowest BCUT2D eigenvalue weighted by Gasteiger charge is -2.31. The summed E-state index contributed by atoms with van der Waals surface area (Å²) >= 11 is 0. The van der Waals surface area contributed by atoms with Crippen LogP contribution in [0.2, 0.25) is 0 Å². The van der Waals surface area contributed by atoms with E-state index in [2.05, 4.69) is 27.4 Å². The molecule has 0 bridgehead atoms. The van der Waals surface area contributed by atoms with Gasteiger partial charge in [0.2, 0.25) is 11.8 Å². The molecule has 1 amide bonds. The van der Waals surface area contributed by atoms with Crippen molar-refractivity contribution in [3.63, 3.8) is 0 Å². The number of nitrogens with zero attached hydrogens (tertiary/aromatic N) is 4. The topological polar surface area (TPSA) is 74.5 Å². The molecule has 0 radical (unpaired) electrons. The Morgan fingerprint density at radius 2 is 2.13 bits per heavy atom. The van der Waals surface area contributed by atoms with Crippen LogP contribution in [0.4, 0.5) is 0 Å². The van der Waals surface area contributed by atoms with E-state index in [4.69, 9.17) is 4.52 Å². The average molecular weight is 321 g/mol. The first-order chi connectivity index (χ1) is 11.2. The van der Waals surface area contributed by atoms with E-state index in [1.165, 1.54) is 0 Å². The predicted octanol–water partition coefficient (Wildman–Crippen LogP) is 1.15. The second kappa shape index (κ2) is 7.40. The van der Waals surface area contributed by atoms with Gasteiger partial charge in [-0.2, -0.15) is 4.98 Å². The lowest BCUT2D eigenvalue weighted by molar-refractivity contribution is -0.132. The van der Waals surface area contributed by atoms with Crippen LogP contribution in [0.3, 0.4) is 0 Å². The van der Waals surface area contributed by atoms with Crippen molar-refractivity contribution < 1.29 is 9.32 Å². The van der Waals surface area contributed by atoms with Crippen molar-refractivity contribution in [2.75, 3.05) is 39.8 Å². The van der Waals surface area contributed by atoms with Gasteiger partial charge in [-0.3, -0.25) is 9.69 Å². The van der Waals surface area contributed by atoms with Gasteiger partial charge in [-0.05, 0) is 26.3 Å². The molecule has 2 fully saturated rings. The minimum atomic E-state index is 0.187. The van der Waals surface area contributed by atoms with Crippen molar-refractivity contribution in [1.82, 2.24) is 25.3 Å². The first-order valence-electron chi connectivity index (χ1n) is 8.71. The summed E-state index contributed by atoms with van der Waals surface area (Å²) in [4.78, 5) is 20.8. The van der Waals surface area contributed by atoms with Crippen molar-refractivity contribution in [1.29, 1.82) is 0 Å². The summed E-state index contributed by atoms with van der Waals surface area (Å²) in [5.74, 6) is 2.07. The molecule has 1 aromatic heterocycles. The highest BCUT2D eigenvalue weighted by atomic mass is 16.5. The zero-order valence-corrected chi connectivity index (χ0v) is 14.1. The van der Waals surface area contributed by atoms with Crippen LogP contribution in [-0.2, 0) is 4.79 Å². The standard InChI is InChI=1S/C16H27N5O2/c1-3-4-14(22)21-8-5-12(6-9-21)16-18-15(19-23-16)13-11-17-7-10-20(13)2/h12-13,17H,3-11H2,1-2H3. The highest BCUT2D eigenvalue weighted by Gasteiger charge is 2.30. The number of amides is 1. The fraction of sp³-hybridized carbons (Fsp3) is 0.812. The van der Waals surface area contributed by atoms with Crippen molar-refractivity contribution in [2.45, 2.75) is 44.6 Å². The molecule has 2 aliphatic rings. The monoisotopic (exact) mass is 321 g/mol. The van der Waals surface area contributed by atoms with E-state index in [1.54, 1.807) is 0 Å². The Balaban J connectivity index is 1.58. The minimum absolute atomic E-state index is 0.187. The van der Waals surface area contributed by atoms with E-state index in [-0.39, 0.29) is 17.9 Å². The van der Waals surface area contributed by atoms with Gasteiger partial charge in [0.25, 0.3) is 0 Å². The maximum absolute atomic E-state index is 12.0. The minimum Gasteiger partial charge on any atom is -0.343 e. The van der Waals surface area contributed by atoms with Crippen LogP contribution in [0.1, 0.15) is 56.3 Å². The third kappa shape index (κ3) is 3.72. The number of likely N-dealkylation sites (N-methyl/N-ethyl adjacent to an activating group) is 1. The van der Waals surface area contributed by atoms with E-state index < -0.39 is 0 Å². The van der Waals surface area contributed by atoms with Gasteiger partial charge in [0.15, 0.2) is 5.82 Å². The van der Waals surface area contributed by atoms with Crippen molar-refractivity contribution >= 4 is 5.91 Å². The molecule has 23 heavy (non-hydrogen) atoms. The first kappa shape index (κ1) is 16.4. The Morgan fingerprint density at radius 3 is 2.83 bits per heavy atom. The van der Waals surface area contributed by atoms with Crippen molar-refractivity contribution in [3.8, 4) is 0 Å². The van der Waals surface area contributed by atoms with Gasteiger partial charge in [0, 0.05) is 45.1 Å². The van der Waals surface area contributed by atoms with E-state index in [1.807, 2.05) is 11.8 Å². The Bertz CT molecular complexity index is 524. The molecule has 3 rings (SSSR count). The Labute approximate surface area is 137 Å². The van der Waals surface area contributed by atoms with Gasteiger partial charge in [-0.25, -0.2) is 0 Å². The zero-order valence-electron chi connectivity index (χ0n) is 14.1. The van der Waals surface area contributed by atoms with E-state index >= 15 is 0 Å². The molecule has 7 nitrogen and oxygen atoms in total. The molecule has 7 heteroatoms. The van der Waals surface area contributed by atoms with Crippen molar-refractivity contribution in [3.05, 3.63) is 11.7 Å². The summed E-state index contributed by atoms with van der Waals surface area (Å²) in [7, 11) is 2.10. The fourth-order valence-corrected chi connectivity index (χ4v) is 3.39. The molecular weight excluding hydrogens is 294 g/mol.